The number of aromatic hydroxyl groups is 1. The van der Waals surface area contributed by atoms with Crippen LogP contribution in [0.2, 0.25) is 0 Å². The fraction of sp³-hybridized carbons (Fsp3) is 0.200. The molecule has 0 bridgehead atoms. The summed E-state index contributed by atoms with van der Waals surface area (Å²) in [5.74, 6) is 0.374. The number of aryl methyl sites for hydroxylation is 2. The van der Waals surface area contributed by atoms with Crippen LogP contribution >= 0.6 is 0 Å². The second kappa shape index (κ2) is 8.79. The molecule has 2 unspecified atom stereocenters. The average molecular weight is 448 g/mol. The van der Waals surface area contributed by atoms with Crippen molar-refractivity contribution in [1.29, 1.82) is 0 Å². The van der Waals surface area contributed by atoms with Crippen LogP contribution in [0, 0.1) is 13.8 Å². The maximum Gasteiger partial charge on any atom is 0.146 e. The molecule has 1 aromatic heterocycles. The third-order valence-electron chi connectivity index (χ3n) is 6.92. The highest BCUT2D eigenvalue weighted by Gasteiger charge is 2.23. The van der Waals surface area contributed by atoms with Gasteiger partial charge in [0.2, 0.25) is 0 Å². The first-order chi connectivity index (χ1) is 16.4. The van der Waals surface area contributed by atoms with Crippen LogP contribution in [0.25, 0.3) is 16.7 Å². The zero-order chi connectivity index (χ0) is 23.8. The quantitative estimate of drug-likeness (QED) is 0.314. The van der Waals surface area contributed by atoms with E-state index in [1.54, 1.807) is 4.80 Å². The molecule has 0 aliphatic heterocycles. The molecule has 4 nitrogen and oxygen atoms in total. The highest BCUT2D eigenvalue weighted by atomic mass is 16.3. The van der Waals surface area contributed by atoms with Gasteiger partial charge in [0.1, 0.15) is 22.5 Å². The third kappa shape index (κ3) is 3.86. The monoisotopic (exact) mass is 447 g/mol. The van der Waals surface area contributed by atoms with Crippen LogP contribution in [-0.2, 0) is 0 Å². The van der Waals surface area contributed by atoms with E-state index in [9.17, 15) is 5.11 Å². The van der Waals surface area contributed by atoms with Crippen molar-refractivity contribution in [3.8, 4) is 11.4 Å². The summed E-state index contributed by atoms with van der Waals surface area (Å²) in [5.41, 5.74) is 9.13. The molecular formula is C30H29N3O. The van der Waals surface area contributed by atoms with E-state index in [1.807, 2.05) is 36.4 Å². The molecule has 5 aromatic rings. The minimum atomic E-state index is 0.00829. The van der Waals surface area contributed by atoms with Gasteiger partial charge in [0, 0.05) is 17.4 Å². The summed E-state index contributed by atoms with van der Waals surface area (Å²) in [6.07, 6.45) is 0. The second-order valence-electron chi connectivity index (χ2n) is 9.11. The van der Waals surface area contributed by atoms with Crippen molar-refractivity contribution in [3.05, 3.63) is 118 Å². The van der Waals surface area contributed by atoms with Crippen LogP contribution in [-0.4, -0.2) is 20.1 Å². The molecular weight excluding hydrogens is 418 g/mol. The fourth-order valence-corrected chi connectivity index (χ4v) is 4.86. The summed E-state index contributed by atoms with van der Waals surface area (Å²) in [4.78, 5) is 1.57. The summed E-state index contributed by atoms with van der Waals surface area (Å²) < 4.78 is 0. The molecule has 0 radical (unpaired) electrons. The van der Waals surface area contributed by atoms with Crippen molar-refractivity contribution in [2.24, 2.45) is 0 Å². The van der Waals surface area contributed by atoms with Gasteiger partial charge in [-0.25, -0.2) is 0 Å². The number of rotatable bonds is 5. The topological polar surface area (TPSA) is 50.9 Å². The minimum Gasteiger partial charge on any atom is -0.505 e. The highest BCUT2D eigenvalue weighted by molar-refractivity contribution is 5.74. The van der Waals surface area contributed by atoms with Crippen molar-refractivity contribution in [2.45, 2.75) is 39.5 Å². The van der Waals surface area contributed by atoms with Crippen LogP contribution in [0.3, 0.4) is 0 Å². The predicted octanol–water partition coefficient (Wildman–Crippen LogP) is 7.05. The Labute approximate surface area is 200 Å². The number of benzene rings is 4. The molecule has 34 heavy (non-hydrogen) atoms. The van der Waals surface area contributed by atoms with Crippen LogP contribution in [0.5, 0.6) is 5.75 Å². The van der Waals surface area contributed by atoms with Crippen LogP contribution < -0.4 is 0 Å². The van der Waals surface area contributed by atoms with Crippen molar-refractivity contribution < 1.29 is 5.11 Å². The summed E-state index contributed by atoms with van der Waals surface area (Å²) >= 11 is 0. The Morgan fingerprint density at radius 3 is 1.71 bits per heavy atom. The van der Waals surface area contributed by atoms with Gasteiger partial charge in [0.05, 0.1) is 0 Å². The largest absolute Gasteiger partial charge is 0.505 e. The van der Waals surface area contributed by atoms with E-state index in [4.69, 9.17) is 0 Å². The van der Waals surface area contributed by atoms with Gasteiger partial charge in [0.25, 0.3) is 0 Å². The molecule has 0 fully saturated rings. The van der Waals surface area contributed by atoms with E-state index >= 15 is 0 Å². The molecule has 4 heteroatoms. The van der Waals surface area contributed by atoms with E-state index < -0.39 is 0 Å². The molecule has 1 N–H and O–H groups in total. The number of phenols is 1. The lowest BCUT2D eigenvalue weighted by Crippen LogP contribution is -2.08. The Kier molecular flexibility index (Phi) is 5.66. The van der Waals surface area contributed by atoms with Crippen LogP contribution in [0.4, 0.5) is 0 Å². The lowest BCUT2D eigenvalue weighted by Gasteiger charge is -2.22. The maximum absolute atomic E-state index is 11.5. The molecule has 0 amide bonds. The molecule has 0 saturated carbocycles. The zero-order valence-corrected chi connectivity index (χ0v) is 20.0. The highest BCUT2D eigenvalue weighted by Crippen LogP contribution is 2.40. The lowest BCUT2D eigenvalue weighted by atomic mass is 9.84. The average Bonchev–Trinajstić information content (AvgIpc) is 3.28. The number of hydrogen-bond donors (Lipinski definition) is 1. The van der Waals surface area contributed by atoms with E-state index in [0.717, 1.165) is 22.2 Å². The Hall–Kier alpha value is -3.92. The van der Waals surface area contributed by atoms with Gasteiger partial charge in [-0.15, -0.1) is 15.0 Å². The molecule has 5 rings (SSSR count). The van der Waals surface area contributed by atoms with Crippen LogP contribution in [0.15, 0.2) is 84.9 Å². The number of fused-ring (bicyclic) bond motifs is 1. The van der Waals surface area contributed by atoms with Crippen LogP contribution in [0.1, 0.15) is 59.1 Å². The molecule has 1 heterocycles. The standard InChI is InChI=1S/C30H29N3O/c1-19-11-5-7-13-24(19)21(3)23-17-26(22(4)25-14-8-6-12-20(25)2)30(34)29(18-23)33-31-27-15-9-10-16-28(27)32-33/h5-18,21-22,34H,1-4H3. The second-order valence-corrected chi connectivity index (χ2v) is 9.11. The van der Waals surface area contributed by atoms with Gasteiger partial charge in [-0.3, -0.25) is 0 Å². The number of aromatic nitrogens is 3. The molecule has 4 aromatic carbocycles. The first kappa shape index (κ1) is 21.9. The van der Waals surface area contributed by atoms with Gasteiger partial charge < -0.3 is 5.11 Å². The summed E-state index contributed by atoms with van der Waals surface area (Å²) in [5, 5.41) is 20.9. The summed E-state index contributed by atoms with van der Waals surface area (Å²) in [6.45, 7) is 8.63. The molecule has 0 aliphatic carbocycles. The van der Waals surface area contributed by atoms with Crippen molar-refractivity contribution in [3.63, 3.8) is 0 Å². The van der Waals surface area contributed by atoms with Gasteiger partial charge >= 0.3 is 0 Å². The van der Waals surface area contributed by atoms with E-state index in [1.165, 1.54) is 22.3 Å². The number of nitrogens with zero attached hydrogens (tertiary/aromatic N) is 3. The third-order valence-corrected chi connectivity index (χ3v) is 6.92. The van der Waals surface area contributed by atoms with Gasteiger partial charge in [-0.05, 0) is 59.9 Å². The molecule has 2 atom stereocenters. The normalized spacial score (nSPS) is 13.2. The first-order valence-corrected chi connectivity index (χ1v) is 11.7. The Balaban J connectivity index is 1.72. The summed E-state index contributed by atoms with van der Waals surface area (Å²) in [6, 6.07) is 28.8. The summed E-state index contributed by atoms with van der Waals surface area (Å²) in [7, 11) is 0. The lowest BCUT2D eigenvalue weighted by molar-refractivity contribution is 0.458. The number of hydrogen-bond acceptors (Lipinski definition) is 3. The molecule has 0 spiro atoms. The SMILES string of the molecule is Cc1ccccc1C(C)c1cc(C(C)c2ccccc2C)c(O)c(-n2nc3ccccc3n2)c1. The smallest absolute Gasteiger partial charge is 0.146 e. The zero-order valence-electron chi connectivity index (χ0n) is 20.0. The fourth-order valence-electron chi connectivity index (χ4n) is 4.86. The van der Waals surface area contributed by atoms with Gasteiger partial charge in [-0.2, -0.15) is 0 Å². The maximum atomic E-state index is 11.5. The van der Waals surface area contributed by atoms with E-state index in [0.29, 0.717) is 5.69 Å². The van der Waals surface area contributed by atoms with Gasteiger partial charge in [0.15, 0.2) is 0 Å². The predicted molar refractivity (Wildman–Crippen MR) is 138 cm³/mol. The molecule has 0 aliphatic rings. The molecule has 170 valence electrons. The van der Waals surface area contributed by atoms with Crippen molar-refractivity contribution >= 4 is 11.0 Å². The first-order valence-electron chi connectivity index (χ1n) is 11.7. The van der Waals surface area contributed by atoms with Crippen molar-refractivity contribution in [1.82, 2.24) is 15.0 Å². The minimum absolute atomic E-state index is 0.00829. The van der Waals surface area contributed by atoms with E-state index in [2.05, 4.69) is 86.4 Å². The Bertz CT molecular complexity index is 1450. The van der Waals surface area contributed by atoms with Gasteiger partial charge in [-0.1, -0.05) is 80.6 Å². The van der Waals surface area contributed by atoms with Crippen molar-refractivity contribution in [2.75, 3.05) is 0 Å². The van der Waals surface area contributed by atoms with E-state index in [-0.39, 0.29) is 17.6 Å². The Morgan fingerprint density at radius 2 is 1.15 bits per heavy atom. The number of phenolic OH excluding ortho intramolecular Hbond substituents is 1. The Morgan fingerprint density at radius 1 is 0.647 bits per heavy atom. The molecule has 0 saturated heterocycles.